The third-order valence-corrected chi connectivity index (χ3v) is 15.8. The summed E-state index contributed by atoms with van der Waals surface area (Å²) in [6.07, 6.45) is 1.89. The van der Waals surface area contributed by atoms with Crippen molar-refractivity contribution in [3.63, 3.8) is 0 Å². The molecule has 81 heavy (non-hydrogen) atoms. The number of hydrogen-bond acceptors (Lipinski definition) is 20. The summed E-state index contributed by atoms with van der Waals surface area (Å²) in [5.41, 5.74) is -1.14. The highest BCUT2D eigenvalue weighted by molar-refractivity contribution is 6.09. The number of aliphatic hydroxyl groups is 6. The van der Waals surface area contributed by atoms with Crippen LogP contribution in [0.4, 0.5) is 0 Å². The molecule has 4 aliphatic heterocycles. The minimum atomic E-state index is -2.53. The lowest BCUT2D eigenvalue weighted by atomic mass is 9.70. The van der Waals surface area contributed by atoms with Gasteiger partial charge in [-0.05, 0) is 58.3 Å². The van der Waals surface area contributed by atoms with E-state index in [9.17, 15) is 50.1 Å². The normalized spacial score (nSPS) is 36.3. The summed E-state index contributed by atoms with van der Waals surface area (Å²) >= 11 is 0. The molecule has 22 heteroatoms. The second-order valence-electron chi connectivity index (χ2n) is 21.7. The molecule has 0 bridgehead atoms. The number of nitrogens with zero attached hydrogens (tertiary/aromatic N) is 1. The van der Waals surface area contributed by atoms with Crippen molar-refractivity contribution in [1.82, 2.24) is 9.88 Å². The van der Waals surface area contributed by atoms with Gasteiger partial charge in [0.1, 0.15) is 72.4 Å². The van der Waals surface area contributed by atoms with Crippen LogP contribution in [-0.4, -0.2) is 203 Å². The number of ketones is 1. The Labute approximate surface area is 474 Å². The average molecular weight is 1150 g/mol. The summed E-state index contributed by atoms with van der Waals surface area (Å²) in [6.45, 7) is 15.6. The lowest BCUT2D eigenvalue weighted by Crippen LogP contribution is -2.71. The Kier molecular flexibility index (Phi) is 24.7. The number of carbonyl (C=O) groups is 2. The number of aryl methyl sites for hydroxylation is 1. The van der Waals surface area contributed by atoms with Crippen molar-refractivity contribution in [2.24, 2.45) is 24.3 Å². The topological polar surface area (TPSA) is 302 Å². The van der Waals surface area contributed by atoms with Crippen LogP contribution in [0.1, 0.15) is 79.1 Å². The Balaban J connectivity index is 1.24. The van der Waals surface area contributed by atoms with E-state index in [0.29, 0.717) is 0 Å². The molecule has 1 aromatic rings. The van der Waals surface area contributed by atoms with Crippen LogP contribution in [-0.2, 0) is 59.2 Å². The molecule has 0 aromatic carbocycles. The number of allylic oxidation sites excluding steroid dienone is 10. The largest absolute Gasteiger partial charge is 0.507 e. The molecule has 5 heterocycles. The number of methoxy groups -OCH3 is 4. The number of aromatic nitrogens is 1. The number of hydrogen-bond donors (Lipinski definition) is 8. The standard InChI is InChI=1S/C59H88N2O20/c1-15-17-19-27-39-58(8,9)53(80-56-45(67)50(74-13)49(35(7)76-56)79-57-51(75-14)44(66)48(73-12)34(6)77-57)52(68)59(71,81-39)36(16-2)54(69)60-29-23-22-25-32(4)46(72-11)33(5)47-43(65)42(64)38(78-47)26-21-18-20-24-31(3)41(63)40-37(62)28-30-61(10)55(40)70/h15,17-28,30,33-36,38-39,42-53,56-57,62,64-68,71H,16,29H2,1-14H3,(H,60,69)/b17-15-,20-18+,23-22+,26-21+,27-19+,31-24+,32-25+/t33-,34+,35-,36-,38-,39+,42-,43-,44-,45-,46-,47+,48+,49-,50+,51-,52-,53+,56+,57+,59-/m1/s1. The molecule has 0 spiro atoms. The van der Waals surface area contributed by atoms with Crippen LogP contribution in [0.15, 0.2) is 101 Å². The molecule has 21 atom stereocenters. The van der Waals surface area contributed by atoms with Crippen LogP contribution >= 0.6 is 0 Å². The van der Waals surface area contributed by atoms with E-state index in [0.717, 1.165) is 5.57 Å². The number of aromatic hydroxyl groups is 1. The molecule has 0 saturated carbocycles. The fourth-order valence-electron chi connectivity index (χ4n) is 11.0. The fraction of sp³-hybridized carbons (Fsp3) is 0.644. The highest BCUT2D eigenvalue weighted by Crippen LogP contribution is 2.47. The zero-order valence-electron chi connectivity index (χ0n) is 48.9. The van der Waals surface area contributed by atoms with Crippen LogP contribution in [0.5, 0.6) is 5.75 Å². The average Bonchev–Trinajstić information content (AvgIpc) is 3.72. The molecule has 1 aromatic heterocycles. The van der Waals surface area contributed by atoms with Gasteiger partial charge in [0.05, 0.1) is 42.5 Å². The van der Waals surface area contributed by atoms with E-state index in [4.69, 9.17) is 47.4 Å². The first-order chi connectivity index (χ1) is 38.3. The lowest BCUT2D eigenvalue weighted by Gasteiger charge is -2.55. The highest BCUT2D eigenvalue weighted by Gasteiger charge is 2.63. The maximum atomic E-state index is 14.1. The van der Waals surface area contributed by atoms with Gasteiger partial charge in [0.25, 0.3) is 5.56 Å². The molecule has 22 nitrogen and oxygen atoms in total. The Bertz CT molecular complexity index is 2520. The van der Waals surface area contributed by atoms with Crippen molar-refractivity contribution in [2.75, 3.05) is 35.0 Å². The summed E-state index contributed by atoms with van der Waals surface area (Å²) in [4.78, 5) is 39.4. The van der Waals surface area contributed by atoms with E-state index in [1.54, 1.807) is 101 Å². The maximum absolute atomic E-state index is 14.1. The first kappa shape index (κ1) is 67.2. The van der Waals surface area contributed by atoms with Crippen LogP contribution < -0.4 is 10.9 Å². The van der Waals surface area contributed by atoms with E-state index >= 15 is 0 Å². The minimum Gasteiger partial charge on any atom is -0.507 e. The van der Waals surface area contributed by atoms with Crippen molar-refractivity contribution < 1.29 is 92.7 Å². The van der Waals surface area contributed by atoms with E-state index in [1.807, 2.05) is 20.8 Å². The molecule has 0 aliphatic carbocycles. The van der Waals surface area contributed by atoms with Gasteiger partial charge in [0.15, 0.2) is 18.4 Å². The first-order valence-electron chi connectivity index (χ1n) is 27.4. The molecule has 4 saturated heterocycles. The molecule has 8 N–H and O–H groups in total. The molecule has 4 aliphatic rings. The predicted octanol–water partition coefficient (Wildman–Crippen LogP) is 2.75. The van der Waals surface area contributed by atoms with E-state index in [2.05, 4.69) is 5.32 Å². The van der Waals surface area contributed by atoms with Gasteiger partial charge in [-0.15, -0.1) is 0 Å². The van der Waals surface area contributed by atoms with Crippen LogP contribution in [0.25, 0.3) is 0 Å². The molecular formula is C59H88N2O20. The number of pyridine rings is 1. The van der Waals surface area contributed by atoms with Crippen molar-refractivity contribution in [1.29, 1.82) is 0 Å². The molecule has 454 valence electrons. The third-order valence-electron chi connectivity index (χ3n) is 15.8. The van der Waals surface area contributed by atoms with E-state index in [-0.39, 0.29) is 24.1 Å². The van der Waals surface area contributed by atoms with E-state index in [1.165, 1.54) is 65.3 Å². The lowest BCUT2D eigenvalue weighted by molar-refractivity contribution is -0.399. The highest BCUT2D eigenvalue weighted by atomic mass is 16.8. The second-order valence-corrected chi connectivity index (χ2v) is 21.7. The minimum absolute atomic E-state index is 0.000641. The Morgan fingerprint density at radius 3 is 2.07 bits per heavy atom. The van der Waals surface area contributed by atoms with Crippen molar-refractivity contribution >= 4 is 11.7 Å². The summed E-state index contributed by atoms with van der Waals surface area (Å²) in [7, 11) is 7.22. The molecule has 4 fully saturated rings. The van der Waals surface area contributed by atoms with Gasteiger partial charge in [0, 0.05) is 59.6 Å². The fourth-order valence-corrected chi connectivity index (χ4v) is 11.0. The molecule has 0 unspecified atom stereocenters. The summed E-state index contributed by atoms with van der Waals surface area (Å²) in [5.74, 6) is -6.00. The second kappa shape index (κ2) is 29.8. The van der Waals surface area contributed by atoms with Crippen LogP contribution in [0.2, 0.25) is 0 Å². The maximum Gasteiger partial charge on any atom is 0.265 e. The van der Waals surface area contributed by atoms with Gasteiger partial charge in [0.2, 0.25) is 11.7 Å². The Morgan fingerprint density at radius 2 is 1.44 bits per heavy atom. The number of amides is 1. The predicted molar refractivity (Wildman–Crippen MR) is 296 cm³/mol. The molecule has 5 rings (SSSR count). The quantitative estimate of drug-likeness (QED) is 0.0419. The monoisotopic (exact) mass is 1140 g/mol. The van der Waals surface area contributed by atoms with Gasteiger partial charge in [-0.2, -0.15) is 0 Å². The van der Waals surface area contributed by atoms with Gasteiger partial charge < -0.3 is 93.0 Å². The van der Waals surface area contributed by atoms with Gasteiger partial charge in [-0.25, -0.2) is 0 Å². The van der Waals surface area contributed by atoms with Crippen LogP contribution in [0.3, 0.4) is 0 Å². The van der Waals surface area contributed by atoms with Crippen molar-refractivity contribution in [3.05, 3.63) is 112 Å². The zero-order chi connectivity index (χ0) is 60.3. The first-order valence-corrected chi connectivity index (χ1v) is 27.4. The van der Waals surface area contributed by atoms with Crippen molar-refractivity contribution in [3.8, 4) is 5.75 Å². The number of aliphatic hydroxyl groups excluding tert-OH is 5. The smallest absolute Gasteiger partial charge is 0.265 e. The van der Waals surface area contributed by atoms with Gasteiger partial charge >= 0.3 is 0 Å². The molecular weight excluding hydrogens is 1060 g/mol. The van der Waals surface area contributed by atoms with Crippen LogP contribution in [0, 0.1) is 17.3 Å². The Hall–Kier alpha value is -4.57. The summed E-state index contributed by atoms with van der Waals surface area (Å²) in [6, 6.07) is 1.27. The number of Topliss-reactive ketones (excluding diaryl/α,β-unsaturated/α-hetero) is 1. The number of carbonyl (C=O) groups excluding carboxylic acids is 2. The van der Waals surface area contributed by atoms with E-state index < -0.39 is 156 Å². The zero-order valence-corrected chi connectivity index (χ0v) is 48.9. The molecule has 1 amide bonds. The third kappa shape index (κ3) is 15.0. The van der Waals surface area contributed by atoms with Gasteiger partial charge in [-0.3, -0.25) is 14.4 Å². The SMILES string of the molecule is C/C=C\C=C\[C@@H]1O[C@](O)([C@H](CC)C(=O)NC/C=C/C=C(\C)[C@@H](OC)[C@@H](C)[C@@H]2O[C@H](/C=C/C=C/C=C(\C)C(=O)c3c(O)ccn(C)c3=O)[C@@H](O)[C@H]2O)[C@H](O)[C@H](O[C@@H]2O[C@H](C)[C@@H](O[C@@H]3O[C@@H](C)[C@H](OC)[C@@H](O)[C@H]3OC)[C@@H](OC)[C@H]2O)C1(C)C. The Morgan fingerprint density at radius 1 is 0.802 bits per heavy atom. The molecule has 0 radical (unpaired) electrons. The number of nitrogens with one attached hydrogen (secondary N) is 1. The van der Waals surface area contributed by atoms with Gasteiger partial charge in [-0.1, -0.05) is 101 Å². The number of ether oxygens (including phenoxy) is 10. The van der Waals surface area contributed by atoms with Crippen molar-refractivity contribution in [2.45, 2.75) is 185 Å². The summed E-state index contributed by atoms with van der Waals surface area (Å²) in [5, 5.41) is 82.6. The number of rotatable bonds is 24. The summed E-state index contributed by atoms with van der Waals surface area (Å²) < 4.78 is 61.5.